The number of carbonyl (C=O) groups is 1. The number of nitrogens with one attached hydrogen (secondary N) is 1. The van der Waals surface area contributed by atoms with Gasteiger partial charge in [0.2, 0.25) is 5.82 Å². The summed E-state index contributed by atoms with van der Waals surface area (Å²) >= 11 is 6.16. The van der Waals surface area contributed by atoms with Crippen LogP contribution in [0, 0.1) is 19.7 Å². The van der Waals surface area contributed by atoms with E-state index in [9.17, 15) is 9.18 Å². The molecule has 0 bridgehead atoms. The highest BCUT2D eigenvalue weighted by molar-refractivity contribution is 6.30. The van der Waals surface area contributed by atoms with Gasteiger partial charge in [-0.2, -0.15) is 0 Å². The average Bonchev–Trinajstić information content (AvgIpc) is 3.15. The van der Waals surface area contributed by atoms with E-state index in [0.717, 1.165) is 16.8 Å². The number of hydrogen-bond donors (Lipinski definition) is 1. The van der Waals surface area contributed by atoms with Gasteiger partial charge in [0.25, 0.3) is 5.91 Å². The average molecular weight is 421 g/mol. The third-order valence-electron chi connectivity index (χ3n) is 4.60. The van der Waals surface area contributed by atoms with Gasteiger partial charge in [-0.3, -0.25) is 4.79 Å². The van der Waals surface area contributed by atoms with Crippen molar-refractivity contribution in [1.82, 2.24) is 14.8 Å². The zero-order valence-electron chi connectivity index (χ0n) is 16.4. The van der Waals surface area contributed by atoms with E-state index in [1.165, 1.54) is 12.1 Å². The van der Waals surface area contributed by atoms with Gasteiger partial charge >= 0.3 is 0 Å². The molecule has 1 aromatic heterocycles. The summed E-state index contributed by atoms with van der Waals surface area (Å²) in [6.45, 7) is 3.97. The number of anilines is 1. The van der Waals surface area contributed by atoms with Crippen LogP contribution in [0.15, 0.2) is 66.7 Å². The van der Waals surface area contributed by atoms with Gasteiger partial charge in [0, 0.05) is 10.6 Å². The van der Waals surface area contributed by atoms with E-state index >= 15 is 0 Å². The molecule has 150 valence electrons. The third-order valence-corrected chi connectivity index (χ3v) is 4.83. The largest absolute Gasteiger partial charge is 0.317 e. The molecule has 7 heteroatoms. The second-order valence-electron chi connectivity index (χ2n) is 6.91. The molecule has 5 nitrogen and oxygen atoms in total. The number of amides is 1. The van der Waals surface area contributed by atoms with Crippen LogP contribution in [0.1, 0.15) is 21.7 Å². The first-order valence-electron chi connectivity index (χ1n) is 9.29. The van der Waals surface area contributed by atoms with Gasteiger partial charge in [-0.25, -0.2) is 14.1 Å². The minimum Gasteiger partial charge on any atom is -0.317 e. The highest BCUT2D eigenvalue weighted by atomic mass is 35.5. The normalized spacial score (nSPS) is 10.8. The summed E-state index contributed by atoms with van der Waals surface area (Å²) in [6.07, 6.45) is 0. The van der Waals surface area contributed by atoms with Gasteiger partial charge < -0.3 is 5.32 Å². The van der Waals surface area contributed by atoms with Gasteiger partial charge in [0.05, 0.1) is 11.4 Å². The van der Waals surface area contributed by atoms with Crippen LogP contribution in [0.2, 0.25) is 5.02 Å². The number of rotatable bonds is 4. The Balaban J connectivity index is 1.81. The van der Waals surface area contributed by atoms with Gasteiger partial charge in [0.1, 0.15) is 5.82 Å². The molecule has 0 unspecified atom stereocenters. The van der Waals surface area contributed by atoms with Crippen LogP contribution in [0.5, 0.6) is 0 Å². The molecule has 1 heterocycles. The van der Waals surface area contributed by atoms with Crippen molar-refractivity contribution in [2.75, 3.05) is 5.32 Å². The second-order valence-corrected chi connectivity index (χ2v) is 7.34. The van der Waals surface area contributed by atoms with Gasteiger partial charge in [-0.05, 0) is 49.7 Å². The zero-order valence-corrected chi connectivity index (χ0v) is 17.1. The lowest BCUT2D eigenvalue weighted by Crippen LogP contribution is -2.15. The van der Waals surface area contributed by atoms with Gasteiger partial charge in [-0.15, -0.1) is 5.10 Å². The fraction of sp³-hybridized carbons (Fsp3) is 0.0870. The van der Waals surface area contributed by atoms with Crippen LogP contribution < -0.4 is 5.32 Å². The standard InChI is InChI=1S/C23H18ClFN4O/c1-14-10-11-20(15(2)12-14)29-22(16-6-5-7-17(24)13-16)27-21(28-29)23(30)26-19-9-4-3-8-18(19)25/h3-13H,1-2H3,(H,26,30). The predicted molar refractivity (Wildman–Crippen MR) is 116 cm³/mol. The molecule has 30 heavy (non-hydrogen) atoms. The molecule has 0 aliphatic rings. The monoisotopic (exact) mass is 420 g/mol. The number of carbonyl (C=O) groups excluding carboxylic acids is 1. The number of para-hydroxylation sites is 1. The first kappa shape index (κ1) is 19.8. The zero-order chi connectivity index (χ0) is 21.3. The second kappa shape index (κ2) is 8.08. The molecule has 0 radical (unpaired) electrons. The van der Waals surface area contributed by atoms with E-state index in [-0.39, 0.29) is 11.5 Å². The number of nitrogens with zero attached hydrogens (tertiary/aromatic N) is 3. The van der Waals surface area contributed by atoms with Crippen molar-refractivity contribution in [3.05, 3.63) is 94.5 Å². The summed E-state index contributed by atoms with van der Waals surface area (Å²) in [6, 6.07) is 19.0. The lowest BCUT2D eigenvalue weighted by atomic mass is 10.1. The molecule has 4 aromatic rings. The Morgan fingerprint density at radius 2 is 1.83 bits per heavy atom. The van der Waals surface area contributed by atoms with Crippen LogP contribution in [0.25, 0.3) is 17.1 Å². The maximum Gasteiger partial charge on any atom is 0.295 e. The molecule has 3 aromatic carbocycles. The molecule has 0 fully saturated rings. The molecule has 0 saturated carbocycles. The van der Waals surface area contributed by atoms with Crippen molar-refractivity contribution in [2.45, 2.75) is 13.8 Å². The fourth-order valence-corrected chi connectivity index (χ4v) is 3.36. The van der Waals surface area contributed by atoms with Crippen molar-refractivity contribution in [2.24, 2.45) is 0 Å². The Labute approximate surface area is 178 Å². The Morgan fingerprint density at radius 1 is 1.03 bits per heavy atom. The third kappa shape index (κ3) is 3.95. The lowest BCUT2D eigenvalue weighted by Gasteiger charge is -2.10. The molecule has 0 spiro atoms. The minimum absolute atomic E-state index is 0.0645. The van der Waals surface area contributed by atoms with E-state index < -0.39 is 11.7 Å². The summed E-state index contributed by atoms with van der Waals surface area (Å²) < 4.78 is 15.5. The number of benzene rings is 3. The first-order valence-corrected chi connectivity index (χ1v) is 9.66. The van der Waals surface area contributed by atoms with Gasteiger partial charge in [0.15, 0.2) is 5.82 Å². The Morgan fingerprint density at radius 3 is 2.57 bits per heavy atom. The molecule has 0 saturated heterocycles. The molecule has 1 N–H and O–H groups in total. The summed E-state index contributed by atoms with van der Waals surface area (Å²) in [5.41, 5.74) is 3.64. The maximum atomic E-state index is 13.9. The van der Waals surface area contributed by atoms with Crippen molar-refractivity contribution in [3.8, 4) is 17.1 Å². The number of aromatic nitrogens is 3. The molecular weight excluding hydrogens is 403 g/mol. The van der Waals surface area contributed by atoms with E-state index in [1.54, 1.807) is 35.0 Å². The van der Waals surface area contributed by atoms with Crippen LogP contribution >= 0.6 is 11.6 Å². The Hall–Kier alpha value is -3.51. The minimum atomic E-state index is -0.605. The molecule has 1 amide bonds. The highest BCUT2D eigenvalue weighted by Crippen LogP contribution is 2.26. The fourth-order valence-electron chi connectivity index (χ4n) is 3.17. The predicted octanol–water partition coefficient (Wildman–Crippen LogP) is 5.60. The van der Waals surface area contributed by atoms with Crippen molar-refractivity contribution >= 4 is 23.2 Å². The summed E-state index contributed by atoms with van der Waals surface area (Å²) in [5.74, 6) is -0.752. The van der Waals surface area contributed by atoms with E-state index in [0.29, 0.717) is 16.4 Å². The van der Waals surface area contributed by atoms with Crippen LogP contribution in [0.3, 0.4) is 0 Å². The van der Waals surface area contributed by atoms with Crippen LogP contribution in [0.4, 0.5) is 10.1 Å². The van der Waals surface area contributed by atoms with Crippen molar-refractivity contribution < 1.29 is 9.18 Å². The molecular formula is C23H18ClFN4O. The van der Waals surface area contributed by atoms with E-state index in [4.69, 9.17) is 11.6 Å². The molecule has 0 aliphatic carbocycles. The van der Waals surface area contributed by atoms with E-state index in [2.05, 4.69) is 15.4 Å². The maximum absolute atomic E-state index is 13.9. The molecule has 0 atom stereocenters. The Kier molecular flexibility index (Phi) is 5.33. The van der Waals surface area contributed by atoms with Gasteiger partial charge in [-0.1, -0.05) is 53.6 Å². The first-order chi connectivity index (χ1) is 14.4. The van der Waals surface area contributed by atoms with Crippen molar-refractivity contribution in [1.29, 1.82) is 0 Å². The number of hydrogen-bond acceptors (Lipinski definition) is 3. The smallest absolute Gasteiger partial charge is 0.295 e. The molecule has 0 aliphatic heterocycles. The summed E-state index contributed by atoms with van der Waals surface area (Å²) in [5, 5.41) is 7.50. The lowest BCUT2D eigenvalue weighted by molar-refractivity contribution is 0.101. The SMILES string of the molecule is Cc1ccc(-n2nc(C(=O)Nc3ccccc3F)nc2-c2cccc(Cl)c2)c(C)c1. The summed E-state index contributed by atoms with van der Waals surface area (Å²) in [7, 11) is 0. The van der Waals surface area contributed by atoms with E-state index in [1.807, 2.05) is 38.1 Å². The topological polar surface area (TPSA) is 59.8 Å². The van der Waals surface area contributed by atoms with Crippen molar-refractivity contribution in [3.63, 3.8) is 0 Å². The Bertz CT molecular complexity index is 1250. The van der Waals surface area contributed by atoms with Crippen LogP contribution in [-0.4, -0.2) is 20.7 Å². The number of halogens is 2. The quantitative estimate of drug-likeness (QED) is 0.467. The van der Waals surface area contributed by atoms with Crippen LogP contribution in [-0.2, 0) is 0 Å². The number of aryl methyl sites for hydroxylation is 2. The summed E-state index contributed by atoms with van der Waals surface area (Å²) in [4.78, 5) is 17.2. The molecule has 4 rings (SSSR count). The highest BCUT2D eigenvalue weighted by Gasteiger charge is 2.20.